The van der Waals surface area contributed by atoms with Crippen molar-refractivity contribution in [2.24, 2.45) is 0 Å². The van der Waals surface area contributed by atoms with Gasteiger partial charge >= 0.3 is 0 Å². The Morgan fingerprint density at radius 3 is 2.33 bits per heavy atom. The molecule has 0 fully saturated rings. The van der Waals surface area contributed by atoms with Crippen molar-refractivity contribution in [3.05, 3.63) is 35.9 Å². The molecule has 2 heteroatoms. The molecule has 0 spiro atoms. The third-order valence-electron chi connectivity index (χ3n) is 1.71. The normalized spacial score (nSPS) is 12.5. The molecule has 64 valence electrons. The van der Waals surface area contributed by atoms with Crippen molar-refractivity contribution in [3.8, 4) is 0 Å². The average molecular weight is 164 g/mol. The van der Waals surface area contributed by atoms with Crippen LogP contribution in [-0.4, -0.2) is 12.9 Å². The minimum Gasteiger partial charge on any atom is -0.369 e. The third-order valence-corrected chi connectivity index (χ3v) is 1.71. The summed E-state index contributed by atoms with van der Waals surface area (Å²) in [6.07, 6.45) is -0.411. The van der Waals surface area contributed by atoms with Crippen LogP contribution in [0.1, 0.15) is 18.6 Å². The lowest BCUT2D eigenvalue weighted by atomic mass is 10.1. The number of carbonyl (C=O) groups excluding carboxylic acids is 1. The molecule has 0 saturated heterocycles. The lowest BCUT2D eigenvalue weighted by Gasteiger charge is -2.11. The topological polar surface area (TPSA) is 26.3 Å². The monoisotopic (exact) mass is 164 g/mol. The molecule has 1 aromatic carbocycles. The van der Waals surface area contributed by atoms with Crippen molar-refractivity contribution < 1.29 is 9.53 Å². The predicted octanol–water partition coefficient (Wildman–Crippen LogP) is 1.96. The van der Waals surface area contributed by atoms with E-state index in [4.69, 9.17) is 4.74 Å². The summed E-state index contributed by atoms with van der Waals surface area (Å²) >= 11 is 0. The highest BCUT2D eigenvalue weighted by atomic mass is 16.5. The Labute approximate surface area is 72.2 Å². The van der Waals surface area contributed by atoms with Crippen molar-refractivity contribution in [3.63, 3.8) is 0 Å². The van der Waals surface area contributed by atoms with Crippen LogP contribution in [0.15, 0.2) is 30.3 Å². The summed E-state index contributed by atoms with van der Waals surface area (Å²) in [6.45, 7) is 1.53. The minimum absolute atomic E-state index is 0.0312. The van der Waals surface area contributed by atoms with E-state index in [1.165, 1.54) is 6.92 Å². The van der Waals surface area contributed by atoms with Gasteiger partial charge in [0.1, 0.15) is 6.10 Å². The molecule has 0 N–H and O–H groups in total. The van der Waals surface area contributed by atoms with Crippen LogP contribution in [0.5, 0.6) is 0 Å². The molecular formula is C10H12O2. The second-order valence-corrected chi connectivity index (χ2v) is 2.64. The van der Waals surface area contributed by atoms with E-state index in [1.807, 2.05) is 30.3 Å². The van der Waals surface area contributed by atoms with Crippen LogP contribution in [0.2, 0.25) is 0 Å². The molecule has 0 saturated carbocycles. The van der Waals surface area contributed by atoms with Gasteiger partial charge in [-0.25, -0.2) is 0 Å². The lowest BCUT2D eigenvalue weighted by Crippen LogP contribution is -2.10. The Hall–Kier alpha value is -1.15. The fourth-order valence-electron chi connectivity index (χ4n) is 1.16. The Morgan fingerprint density at radius 2 is 1.92 bits per heavy atom. The molecule has 0 aliphatic carbocycles. The Balaban J connectivity index is 2.88. The zero-order valence-corrected chi connectivity index (χ0v) is 7.28. The van der Waals surface area contributed by atoms with Gasteiger partial charge in [-0.3, -0.25) is 4.79 Å². The molecule has 0 heterocycles. The molecule has 0 amide bonds. The first-order chi connectivity index (χ1) is 5.75. The van der Waals surface area contributed by atoms with Crippen molar-refractivity contribution >= 4 is 5.78 Å². The first-order valence-corrected chi connectivity index (χ1v) is 3.84. The highest BCUT2D eigenvalue weighted by Crippen LogP contribution is 2.16. The van der Waals surface area contributed by atoms with Gasteiger partial charge in [0.15, 0.2) is 5.78 Å². The number of methoxy groups -OCH3 is 1. The number of benzene rings is 1. The quantitative estimate of drug-likeness (QED) is 0.682. The standard InChI is InChI=1S/C10H12O2/c1-8(11)10(12-2)9-6-4-3-5-7-9/h3-7,10H,1-2H3. The summed E-state index contributed by atoms with van der Waals surface area (Å²) in [5, 5.41) is 0. The molecule has 1 atom stereocenters. The largest absolute Gasteiger partial charge is 0.369 e. The van der Waals surface area contributed by atoms with Gasteiger partial charge in [-0.15, -0.1) is 0 Å². The third kappa shape index (κ3) is 1.92. The molecule has 12 heavy (non-hydrogen) atoms. The van der Waals surface area contributed by atoms with E-state index < -0.39 is 6.10 Å². The first-order valence-electron chi connectivity index (χ1n) is 3.84. The Bertz CT molecular complexity index is 254. The zero-order valence-electron chi connectivity index (χ0n) is 7.28. The molecule has 0 radical (unpaired) electrons. The average Bonchev–Trinajstić information content (AvgIpc) is 2.07. The maximum atomic E-state index is 11.1. The van der Waals surface area contributed by atoms with Gasteiger partial charge in [0, 0.05) is 7.11 Å². The number of ketones is 1. The predicted molar refractivity (Wildman–Crippen MR) is 46.9 cm³/mol. The smallest absolute Gasteiger partial charge is 0.163 e. The number of hydrogen-bond acceptors (Lipinski definition) is 2. The van der Waals surface area contributed by atoms with Gasteiger partial charge in [-0.1, -0.05) is 30.3 Å². The summed E-state index contributed by atoms with van der Waals surface area (Å²) < 4.78 is 5.05. The number of hydrogen-bond donors (Lipinski definition) is 0. The number of carbonyl (C=O) groups is 1. The van der Waals surface area contributed by atoms with Crippen molar-refractivity contribution in [2.45, 2.75) is 13.0 Å². The molecule has 0 bridgehead atoms. The Kier molecular flexibility index (Phi) is 3.00. The van der Waals surface area contributed by atoms with Crippen LogP contribution in [0, 0.1) is 0 Å². The zero-order chi connectivity index (χ0) is 8.97. The minimum atomic E-state index is -0.411. The summed E-state index contributed by atoms with van der Waals surface area (Å²) in [5.74, 6) is 0.0312. The number of rotatable bonds is 3. The van der Waals surface area contributed by atoms with Gasteiger partial charge in [0.2, 0.25) is 0 Å². The molecule has 0 aromatic heterocycles. The van der Waals surface area contributed by atoms with Crippen LogP contribution in [0.4, 0.5) is 0 Å². The highest BCUT2D eigenvalue weighted by molar-refractivity contribution is 5.81. The maximum absolute atomic E-state index is 11.1. The second kappa shape index (κ2) is 4.02. The van der Waals surface area contributed by atoms with Crippen molar-refractivity contribution in [1.29, 1.82) is 0 Å². The van der Waals surface area contributed by atoms with Gasteiger partial charge in [0.05, 0.1) is 0 Å². The van der Waals surface area contributed by atoms with Crippen LogP contribution >= 0.6 is 0 Å². The molecule has 1 unspecified atom stereocenters. The molecule has 1 rings (SSSR count). The summed E-state index contributed by atoms with van der Waals surface area (Å²) in [6, 6.07) is 9.47. The Morgan fingerprint density at radius 1 is 1.33 bits per heavy atom. The van der Waals surface area contributed by atoms with Gasteiger partial charge in [-0.2, -0.15) is 0 Å². The van der Waals surface area contributed by atoms with Gasteiger partial charge < -0.3 is 4.74 Å². The van der Waals surface area contributed by atoms with Crippen molar-refractivity contribution in [1.82, 2.24) is 0 Å². The SMILES string of the molecule is COC(C(C)=O)c1ccccc1. The van der Waals surface area contributed by atoms with Crippen LogP contribution < -0.4 is 0 Å². The van der Waals surface area contributed by atoms with E-state index in [9.17, 15) is 4.79 Å². The molecule has 0 aliphatic heterocycles. The number of ether oxygens (including phenoxy) is 1. The summed E-state index contributed by atoms with van der Waals surface area (Å²) in [4.78, 5) is 11.1. The molecule has 1 aromatic rings. The van der Waals surface area contributed by atoms with E-state index in [0.717, 1.165) is 5.56 Å². The number of Topliss-reactive ketones (excluding diaryl/α,β-unsaturated/α-hetero) is 1. The highest BCUT2D eigenvalue weighted by Gasteiger charge is 2.14. The van der Waals surface area contributed by atoms with E-state index in [0.29, 0.717) is 0 Å². The second-order valence-electron chi connectivity index (χ2n) is 2.64. The molecule has 2 nitrogen and oxygen atoms in total. The van der Waals surface area contributed by atoms with Crippen LogP contribution in [0.3, 0.4) is 0 Å². The summed E-state index contributed by atoms with van der Waals surface area (Å²) in [7, 11) is 1.54. The van der Waals surface area contributed by atoms with E-state index >= 15 is 0 Å². The van der Waals surface area contributed by atoms with E-state index in [1.54, 1.807) is 7.11 Å². The van der Waals surface area contributed by atoms with Crippen molar-refractivity contribution in [2.75, 3.05) is 7.11 Å². The van der Waals surface area contributed by atoms with Crippen LogP contribution in [-0.2, 0) is 9.53 Å². The summed E-state index contributed by atoms with van der Waals surface area (Å²) in [5.41, 5.74) is 0.910. The first kappa shape index (κ1) is 8.94. The van der Waals surface area contributed by atoms with Gasteiger partial charge in [-0.05, 0) is 12.5 Å². The maximum Gasteiger partial charge on any atom is 0.163 e. The lowest BCUT2D eigenvalue weighted by molar-refractivity contribution is -0.126. The van der Waals surface area contributed by atoms with E-state index in [2.05, 4.69) is 0 Å². The molecular weight excluding hydrogens is 152 g/mol. The fraction of sp³-hybridized carbons (Fsp3) is 0.300. The molecule has 0 aliphatic rings. The fourth-order valence-corrected chi connectivity index (χ4v) is 1.16. The van der Waals surface area contributed by atoms with Gasteiger partial charge in [0.25, 0.3) is 0 Å². The van der Waals surface area contributed by atoms with Crippen LogP contribution in [0.25, 0.3) is 0 Å². The van der Waals surface area contributed by atoms with E-state index in [-0.39, 0.29) is 5.78 Å².